The van der Waals surface area contributed by atoms with Gasteiger partial charge in [0.15, 0.2) is 24.3 Å². The van der Waals surface area contributed by atoms with Crippen LogP contribution in [0.3, 0.4) is 0 Å². The van der Waals surface area contributed by atoms with Crippen LogP contribution in [-0.2, 0) is 49.7 Å². The lowest BCUT2D eigenvalue weighted by Gasteiger charge is -2.18. The largest absolute Gasteiger partial charge is 0.387 e. The standard InChI is InChI=1S/C21H28N4O9P2.C19H23ClN4O9P2/c1-13-2-4-14(5-3-13)6-8-22-19-15-7-9-25(20(15)24-11-23-19)21-18(27)17(26)16(34-21)10-33-36(31,32)12-35(28,29)30;20-12-3-1-11(2-4-12)7-21-17-13-5-6-24(18(13)23-9-22-17)19-16(26)15(25)14(33-19)8-32-35(30,31)10-34(27,28)29/h2-5,7,9,11,16-18,21,26-27H,6,8,10,12H2,1H3,(H,31,32)(H,22,23,24)(H2,28,29,30);1-6,9,14-16,19,25-26H,7-8,10H2,(H,30,31)(H,21,22,23)(H2,27,28,29)/t16-,17?,18+,21-;14-,15?,16+,19-/m11/s1. The molecule has 2 fully saturated rings. The molecule has 10 atom stereocenters. The average molecular weight is 1090 g/mol. The van der Waals surface area contributed by atoms with E-state index in [1.807, 2.05) is 19.1 Å². The summed E-state index contributed by atoms with van der Waals surface area (Å²) in [5.41, 5.74) is 4.16. The van der Waals surface area contributed by atoms with E-state index in [2.05, 4.69) is 54.8 Å². The van der Waals surface area contributed by atoms with Crippen LogP contribution >= 0.6 is 42.0 Å². The summed E-state index contributed by atoms with van der Waals surface area (Å²) in [6, 6.07) is 19.0. The number of aryl methyl sites for hydroxylation is 1. The maximum atomic E-state index is 11.9. The second kappa shape index (κ2) is 22.6. The van der Waals surface area contributed by atoms with Crippen molar-refractivity contribution in [3.63, 3.8) is 0 Å². The van der Waals surface area contributed by atoms with Crippen LogP contribution in [0.4, 0.5) is 11.6 Å². The third kappa shape index (κ3) is 14.4. The summed E-state index contributed by atoms with van der Waals surface area (Å²) in [4.78, 5) is 72.0. The lowest BCUT2D eigenvalue weighted by molar-refractivity contribution is -0.0481. The van der Waals surface area contributed by atoms with Crippen molar-refractivity contribution in [3.05, 3.63) is 107 Å². The Bertz CT molecular complexity index is 2980. The van der Waals surface area contributed by atoms with Crippen molar-refractivity contribution >= 4 is 75.7 Å². The summed E-state index contributed by atoms with van der Waals surface area (Å²) in [5, 5.41) is 50.2. The van der Waals surface area contributed by atoms with Gasteiger partial charge in [-0.2, -0.15) is 0 Å². The number of nitrogens with zero attached hydrogens (tertiary/aromatic N) is 6. The summed E-state index contributed by atoms with van der Waals surface area (Å²) in [6.45, 7) is 1.77. The zero-order valence-corrected chi connectivity index (χ0v) is 41.6. The number of nitrogens with one attached hydrogen (secondary N) is 2. The summed E-state index contributed by atoms with van der Waals surface area (Å²) in [5.74, 6) is -1.64. The molecule has 4 unspecified atom stereocenters. The second-order valence-electron chi connectivity index (χ2n) is 16.6. The molecule has 0 saturated carbocycles. The molecule has 26 nitrogen and oxygen atoms in total. The molecule has 6 aromatic rings. The van der Waals surface area contributed by atoms with Gasteiger partial charge in [-0.1, -0.05) is 53.6 Å². The molecular weight excluding hydrogens is 1040 g/mol. The van der Waals surface area contributed by atoms with Crippen molar-refractivity contribution in [2.75, 3.05) is 42.2 Å². The van der Waals surface area contributed by atoms with Crippen molar-refractivity contribution in [2.45, 2.75) is 69.0 Å². The van der Waals surface area contributed by atoms with Gasteiger partial charge in [0.25, 0.3) is 0 Å². The maximum Gasteiger partial charge on any atom is 0.340 e. The number of aliphatic hydroxyl groups is 4. The number of benzene rings is 2. The predicted molar refractivity (Wildman–Crippen MR) is 254 cm³/mol. The van der Waals surface area contributed by atoms with Crippen molar-refractivity contribution in [2.24, 2.45) is 0 Å². The van der Waals surface area contributed by atoms with Crippen LogP contribution in [-0.4, -0.2) is 147 Å². The average Bonchev–Trinajstić information content (AvgIpc) is 4.05. The Morgan fingerprint density at radius 1 is 0.606 bits per heavy atom. The normalized spacial score (nSPS) is 24.3. The van der Waals surface area contributed by atoms with Gasteiger partial charge >= 0.3 is 30.4 Å². The zero-order chi connectivity index (χ0) is 51.5. The molecule has 2 aromatic carbocycles. The van der Waals surface area contributed by atoms with Crippen molar-refractivity contribution in [1.82, 2.24) is 29.1 Å². The Morgan fingerprint density at radius 2 is 1.04 bits per heavy atom. The highest BCUT2D eigenvalue weighted by Crippen LogP contribution is 2.56. The van der Waals surface area contributed by atoms with Gasteiger partial charge in [-0.05, 0) is 48.7 Å². The molecule has 0 aliphatic carbocycles. The number of ether oxygens (including phenoxy) is 2. The maximum absolute atomic E-state index is 11.9. The first-order valence-corrected chi connectivity index (χ1v) is 28.8. The minimum atomic E-state index is -4.81. The van der Waals surface area contributed by atoms with E-state index in [9.17, 15) is 48.5 Å². The summed E-state index contributed by atoms with van der Waals surface area (Å²) < 4.78 is 69.6. The topological polar surface area (TPSA) is 393 Å². The molecule has 4 aromatic heterocycles. The van der Waals surface area contributed by atoms with Crippen LogP contribution in [0, 0.1) is 6.92 Å². The van der Waals surface area contributed by atoms with Crippen molar-refractivity contribution in [3.8, 4) is 0 Å². The summed E-state index contributed by atoms with van der Waals surface area (Å²) in [7, 11) is -18.9. The van der Waals surface area contributed by atoms with E-state index in [0.717, 1.165) is 12.0 Å². The quantitative estimate of drug-likeness (QED) is 0.0519. The van der Waals surface area contributed by atoms with Gasteiger partial charge < -0.3 is 88.1 Å². The smallest absolute Gasteiger partial charge is 0.340 e. The molecule has 0 spiro atoms. The number of rotatable bonds is 19. The molecule has 2 aliphatic heterocycles. The molecule has 6 heterocycles. The number of aliphatic hydroxyl groups excluding tert-OH is 4. The fraction of sp³-hybridized carbons (Fsp3) is 0.400. The van der Waals surface area contributed by atoms with Crippen LogP contribution in [0.15, 0.2) is 85.7 Å². The minimum absolute atomic E-state index is 0.394. The van der Waals surface area contributed by atoms with E-state index in [4.69, 9.17) is 49.7 Å². The van der Waals surface area contributed by atoms with Crippen LogP contribution in [0.25, 0.3) is 22.1 Å². The van der Waals surface area contributed by atoms with Crippen LogP contribution in [0.5, 0.6) is 0 Å². The summed E-state index contributed by atoms with van der Waals surface area (Å²) >= 11 is 5.91. The first-order chi connectivity index (χ1) is 33.4. The molecule has 2 saturated heterocycles. The Balaban J connectivity index is 0.000000209. The molecular formula is C40H51ClN8O18P4. The molecule has 386 valence electrons. The number of aromatic nitrogens is 6. The number of hydrogen-bond donors (Lipinski definition) is 12. The van der Waals surface area contributed by atoms with Crippen LogP contribution in [0.2, 0.25) is 5.02 Å². The monoisotopic (exact) mass is 1090 g/mol. The molecule has 0 radical (unpaired) electrons. The molecule has 0 amide bonds. The lowest BCUT2D eigenvalue weighted by Crippen LogP contribution is -2.33. The van der Waals surface area contributed by atoms with Crippen LogP contribution in [0.1, 0.15) is 29.1 Å². The zero-order valence-electron chi connectivity index (χ0n) is 37.2. The number of fused-ring (bicyclic) bond motifs is 2. The molecule has 2 aliphatic rings. The van der Waals surface area contributed by atoms with Gasteiger partial charge in [0.1, 0.15) is 72.2 Å². The molecule has 8 rings (SSSR count). The highest BCUT2D eigenvalue weighted by molar-refractivity contribution is 7.70. The van der Waals surface area contributed by atoms with E-state index >= 15 is 0 Å². The first kappa shape index (κ1) is 54.7. The Labute approximate surface area is 408 Å². The van der Waals surface area contributed by atoms with E-state index in [0.29, 0.717) is 51.8 Å². The SMILES string of the molecule is Cc1ccc(CCNc2ncnc3c2ccn3[C@@H]2O[C@H](COP(=O)(O)CP(=O)(O)O)C(O)[C@@H]2O)cc1.O=P(O)(O)CP(=O)(O)OC[C@H]1O[C@@H](n2ccc3c(NCc4ccc(Cl)cc4)ncnc32)[C@@H](O)C1O. The minimum Gasteiger partial charge on any atom is -0.387 e. The van der Waals surface area contributed by atoms with Gasteiger partial charge in [0.05, 0.1) is 24.0 Å². The Kier molecular flexibility index (Phi) is 17.4. The lowest BCUT2D eigenvalue weighted by atomic mass is 10.1. The van der Waals surface area contributed by atoms with E-state index in [-0.39, 0.29) is 0 Å². The Hall–Kier alpha value is -4.07. The van der Waals surface area contributed by atoms with E-state index in [1.54, 1.807) is 36.7 Å². The first-order valence-electron chi connectivity index (χ1n) is 21.3. The molecule has 0 bridgehead atoms. The molecule has 12 N–H and O–H groups in total. The van der Waals surface area contributed by atoms with Gasteiger partial charge in [0.2, 0.25) is 0 Å². The number of halogens is 1. The number of hydrogen-bond acceptors (Lipinski definition) is 18. The third-order valence-corrected chi connectivity index (χ3v) is 18.2. The van der Waals surface area contributed by atoms with Crippen molar-refractivity contribution < 1.29 is 86.6 Å². The highest BCUT2D eigenvalue weighted by atomic mass is 35.5. The van der Waals surface area contributed by atoms with Gasteiger partial charge in [-0.3, -0.25) is 18.3 Å². The van der Waals surface area contributed by atoms with E-state index in [1.165, 1.54) is 32.9 Å². The fourth-order valence-electron chi connectivity index (χ4n) is 7.62. The fourth-order valence-corrected chi connectivity index (χ4v) is 12.9. The third-order valence-electron chi connectivity index (χ3n) is 11.0. The Morgan fingerprint density at radius 3 is 1.49 bits per heavy atom. The predicted octanol–water partition coefficient (Wildman–Crippen LogP) is 3.00. The van der Waals surface area contributed by atoms with Crippen LogP contribution < -0.4 is 10.6 Å². The van der Waals surface area contributed by atoms with Gasteiger partial charge in [0, 0.05) is 30.5 Å². The molecule has 71 heavy (non-hydrogen) atoms. The highest BCUT2D eigenvalue weighted by Gasteiger charge is 2.47. The summed E-state index contributed by atoms with van der Waals surface area (Å²) in [6.07, 6.45) is -3.89. The van der Waals surface area contributed by atoms with Crippen molar-refractivity contribution in [1.29, 1.82) is 0 Å². The molecule has 31 heteroatoms. The second-order valence-corrected chi connectivity index (χ2v) is 25.0. The number of anilines is 2. The van der Waals surface area contributed by atoms with E-state index < -0.39 is 104 Å². The van der Waals surface area contributed by atoms with Gasteiger partial charge in [-0.15, -0.1) is 0 Å². The van der Waals surface area contributed by atoms with Gasteiger partial charge in [-0.25, -0.2) is 19.9 Å².